The van der Waals surface area contributed by atoms with Gasteiger partial charge in [0.25, 0.3) is 0 Å². The summed E-state index contributed by atoms with van der Waals surface area (Å²) < 4.78 is 18.2. The van der Waals surface area contributed by atoms with Crippen molar-refractivity contribution in [3.05, 3.63) is 42.0 Å². The maximum Gasteiger partial charge on any atom is 0.331 e. The van der Waals surface area contributed by atoms with Gasteiger partial charge in [-0.25, -0.2) is 4.79 Å². The smallest absolute Gasteiger partial charge is 0.331 e. The number of fused-ring (bicyclic) bond motifs is 4. The summed E-state index contributed by atoms with van der Waals surface area (Å²) in [6.07, 6.45) is 16.0. The van der Waals surface area contributed by atoms with E-state index < -0.39 is 5.60 Å². The fraction of sp³-hybridized carbons (Fsp3) is 0.700. The van der Waals surface area contributed by atoms with Crippen molar-refractivity contribution in [2.75, 3.05) is 7.11 Å². The highest BCUT2D eigenvalue weighted by Gasteiger charge is 2.80. The molecule has 11 atom stereocenters. The SMILES string of the molecule is COc1cc(/C=C/C(=O)O[C@H]2CC[C@@]3(C)[C@H](CC[C@]4(C)[C@@H]3C=C[C@]35OC(=O)[C@@]6(CC[C@H](C)[C@H](C)[C@H]63)CC[C@]54C)C2(C)C)ccc1O. The minimum absolute atomic E-state index is 0.00229. The second kappa shape index (κ2) is 10.1. The van der Waals surface area contributed by atoms with Gasteiger partial charge in [-0.1, -0.05) is 60.6 Å². The number of phenolic OH excluding ortho intramolecular Hbond substituents is 1. The first-order chi connectivity index (χ1) is 21.6. The molecule has 1 heterocycles. The molecule has 46 heavy (non-hydrogen) atoms. The number of aromatic hydroxyl groups is 1. The van der Waals surface area contributed by atoms with Crippen LogP contribution < -0.4 is 4.74 Å². The lowest BCUT2D eigenvalue weighted by atomic mass is 9.32. The Balaban J connectivity index is 1.16. The van der Waals surface area contributed by atoms with Crippen molar-refractivity contribution in [1.29, 1.82) is 0 Å². The van der Waals surface area contributed by atoms with Gasteiger partial charge in [-0.15, -0.1) is 0 Å². The molecule has 0 aromatic heterocycles. The number of methoxy groups -OCH3 is 1. The number of esters is 2. The Hall–Kier alpha value is -2.76. The summed E-state index contributed by atoms with van der Waals surface area (Å²) in [5.41, 5.74) is -0.367. The van der Waals surface area contributed by atoms with E-state index in [0.717, 1.165) is 56.9 Å². The number of benzene rings is 1. The quantitative estimate of drug-likeness (QED) is 0.204. The van der Waals surface area contributed by atoms with E-state index in [2.05, 4.69) is 60.6 Å². The number of rotatable bonds is 4. The Morgan fingerprint density at radius 1 is 1.00 bits per heavy atom. The van der Waals surface area contributed by atoms with Gasteiger partial charge in [-0.2, -0.15) is 0 Å². The van der Waals surface area contributed by atoms with Crippen LogP contribution in [0.5, 0.6) is 11.5 Å². The lowest BCUT2D eigenvalue weighted by Gasteiger charge is -2.72. The molecule has 1 aromatic rings. The average Bonchev–Trinajstić information content (AvgIpc) is 3.21. The van der Waals surface area contributed by atoms with Gasteiger partial charge in [-0.05, 0) is 116 Å². The van der Waals surface area contributed by atoms with Crippen LogP contribution in [-0.4, -0.2) is 35.9 Å². The predicted molar refractivity (Wildman–Crippen MR) is 178 cm³/mol. The fourth-order valence-corrected chi connectivity index (χ4v) is 12.8. The Bertz CT molecular complexity index is 1510. The lowest BCUT2D eigenvalue weighted by molar-refractivity contribution is -0.247. The van der Waals surface area contributed by atoms with Gasteiger partial charge in [-0.3, -0.25) is 4.79 Å². The van der Waals surface area contributed by atoms with E-state index in [1.807, 2.05) is 0 Å². The molecule has 1 N–H and O–H groups in total. The van der Waals surface area contributed by atoms with Crippen LogP contribution in [0.2, 0.25) is 0 Å². The van der Waals surface area contributed by atoms with Crippen LogP contribution in [-0.2, 0) is 19.1 Å². The van der Waals surface area contributed by atoms with Crippen LogP contribution in [0.4, 0.5) is 0 Å². The molecule has 2 bridgehead atoms. The van der Waals surface area contributed by atoms with E-state index in [4.69, 9.17) is 14.2 Å². The van der Waals surface area contributed by atoms with Gasteiger partial charge in [0.1, 0.15) is 11.7 Å². The fourth-order valence-electron chi connectivity index (χ4n) is 12.8. The van der Waals surface area contributed by atoms with E-state index in [9.17, 15) is 14.7 Å². The number of ether oxygens (including phenoxy) is 3. The number of carbonyl (C=O) groups excluding carboxylic acids is 2. The minimum atomic E-state index is -0.527. The van der Waals surface area contributed by atoms with E-state index >= 15 is 0 Å². The largest absolute Gasteiger partial charge is 0.504 e. The summed E-state index contributed by atoms with van der Waals surface area (Å²) in [5.74, 6) is 2.20. The van der Waals surface area contributed by atoms with Crippen LogP contribution >= 0.6 is 0 Å². The topological polar surface area (TPSA) is 82.1 Å². The Morgan fingerprint density at radius 2 is 1.76 bits per heavy atom. The molecular weight excluding hydrogens is 576 g/mol. The number of carbonyl (C=O) groups is 2. The molecule has 1 aliphatic heterocycles. The van der Waals surface area contributed by atoms with Crippen molar-refractivity contribution in [3.63, 3.8) is 0 Å². The Labute approximate surface area is 275 Å². The highest BCUT2D eigenvalue weighted by Crippen LogP contribution is 2.79. The van der Waals surface area contributed by atoms with Crippen LogP contribution in [0.15, 0.2) is 36.4 Å². The molecule has 0 amide bonds. The zero-order valence-electron chi connectivity index (χ0n) is 29.2. The number of allylic oxidation sites excluding steroid dienone is 1. The second-order valence-electron chi connectivity index (χ2n) is 17.4. The Morgan fingerprint density at radius 3 is 2.50 bits per heavy atom. The molecule has 6 aliphatic rings. The van der Waals surface area contributed by atoms with Crippen LogP contribution in [0, 0.1) is 56.7 Å². The first-order valence-electron chi connectivity index (χ1n) is 17.8. The highest BCUT2D eigenvalue weighted by atomic mass is 16.6. The zero-order valence-corrected chi connectivity index (χ0v) is 29.2. The first-order valence-corrected chi connectivity index (χ1v) is 17.8. The van der Waals surface area contributed by atoms with Crippen molar-refractivity contribution < 1.29 is 28.9 Å². The molecule has 5 fully saturated rings. The maximum absolute atomic E-state index is 13.9. The van der Waals surface area contributed by atoms with Gasteiger partial charge >= 0.3 is 11.9 Å². The molecule has 1 spiro atoms. The number of hydrogen-bond donors (Lipinski definition) is 1. The molecule has 1 saturated heterocycles. The highest BCUT2D eigenvalue weighted by molar-refractivity contribution is 5.87. The third-order valence-electron chi connectivity index (χ3n) is 15.6. The first kappa shape index (κ1) is 31.8. The van der Waals surface area contributed by atoms with Crippen molar-refractivity contribution in [2.24, 2.45) is 56.7 Å². The van der Waals surface area contributed by atoms with Gasteiger partial charge in [0.15, 0.2) is 11.5 Å². The maximum atomic E-state index is 13.9. The monoisotopic (exact) mass is 630 g/mol. The molecule has 5 aliphatic carbocycles. The van der Waals surface area contributed by atoms with Gasteiger partial charge < -0.3 is 19.3 Å². The third kappa shape index (κ3) is 3.88. The molecule has 6 heteroatoms. The molecule has 250 valence electrons. The summed E-state index contributed by atoms with van der Waals surface area (Å²) in [6, 6.07) is 5.00. The van der Waals surface area contributed by atoms with Crippen LogP contribution in [0.1, 0.15) is 105 Å². The zero-order chi connectivity index (χ0) is 33.1. The number of hydrogen-bond acceptors (Lipinski definition) is 6. The number of phenols is 1. The van der Waals surface area contributed by atoms with Crippen LogP contribution in [0.25, 0.3) is 6.08 Å². The van der Waals surface area contributed by atoms with E-state index in [0.29, 0.717) is 29.4 Å². The molecule has 1 aromatic carbocycles. The average molecular weight is 631 g/mol. The molecule has 7 rings (SSSR count). The molecule has 6 nitrogen and oxygen atoms in total. The minimum Gasteiger partial charge on any atom is -0.504 e. The van der Waals surface area contributed by atoms with Gasteiger partial charge in [0.2, 0.25) is 0 Å². The normalized spacial score (nSPS) is 46.8. The van der Waals surface area contributed by atoms with Crippen molar-refractivity contribution >= 4 is 18.0 Å². The molecule has 0 radical (unpaired) electrons. The summed E-state index contributed by atoms with van der Waals surface area (Å²) in [6.45, 7) is 16.9. The standard InChI is InChI=1S/C40H54O6/c1-24-13-19-39-22-21-38(7)37(6)18-14-29-35(3,4)31(45-32(42)12-10-26-9-11-27(41)28(23-26)44-8)16-17-36(29,5)30(37)15-20-40(38,46-34(39)43)33(39)25(24)2/h9-12,15,20,23-25,29-31,33,41H,13-14,16-19,21-22H2,1-8H3/b12-10+/t24-,25-,29+,30+,31-,33+,36-,37+,38-,39-,40-/m0/s1. The summed E-state index contributed by atoms with van der Waals surface area (Å²) >= 11 is 0. The summed E-state index contributed by atoms with van der Waals surface area (Å²) in [7, 11) is 1.51. The third-order valence-corrected chi connectivity index (χ3v) is 15.6. The Kier molecular flexibility index (Phi) is 7.00. The van der Waals surface area contributed by atoms with Crippen molar-refractivity contribution in [2.45, 2.75) is 112 Å². The van der Waals surface area contributed by atoms with E-state index in [1.54, 1.807) is 24.3 Å². The summed E-state index contributed by atoms with van der Waals surface area (Å²) in [5, 5.41) is 9.90. The summed E-state index contributed by atoms with van der Waals surface area (Å²) in [4.78, 5) is 27.0. The van der Waals surface area contributed by atoms with E-state index in [1.165, 1.54) is 13.2 Å². The lowest BCUT2D eigenvalue weighted by Crippen LogP contribution is -2.71. The van der Waals surface area contributed by atoms with Crippen LogP contribution in [0.3, 0.4) is 0 Å². The van der Waals surface area contributed by atoms with Crippen molar-refractivity contribution in [1.82, 2.24) is 0 Å². The second-order valence-corrected chi connectivity index (χ2v) is 17.4. The van der Waals surface area contributed by atoms with E-state index in [-0.39, 0.29) is 56.8 Å². The molecular formula is C40H54O6. The van der Waals surface area contributed by atoms with Gasteiger partial charge in [0, 0.05) is 22.8 Å². The van der Waals surface area contributed by atoms with Gasteiger partial charge in [0.05, 0.1) is 12.5 Å². The molecule has 4 saturated carbocycles. The van der Waals surface area contributed by atoms with Crippen molar-refractivity contribution in [3.8, 4) is 11.5 Å². The molecule has 0 unspecified atom stereocenters. The predicted octanol–water partition coefficient (Wildman–Crippen LogP) is 8.52.